The summed E-state index contributed by atoms with van der Waals surface area (Å²) in [5.74, 6) is 0.661. The molecule has 0 saturated carbocycles. The van der Waals surface area contributed by atoms with Gasteiger partial charge in [-0.3, -0.25) is 4.79 Å². The molecule has 2 N–H and O–H groups in total. The van der Waals surface area contributed by atoms with E-state index in [2.05, 4.69) is 5.10 Å². The molecule has 0 aliphatic carbocycles. The van der Waals surface area contributed by atoms with Gasteiger partial charge in [0.1, 0.15) is 11.4 Å². The molecule has 0 aliphatic heterocycles. The minimum atomic E-state index is -0.337. The van der Waals surface area contributed by atoms with Gasteiger partial charge in [0, 0.05) is 6.07 Å². The summed E-state index contributed by atoms with van der Waals surface area (Å²) in [5.41, 5.74) is 5.97. The van der Waals surface area contributed by atoms with Gasteiger partial charge >= 0.3 is 0 Å². The van der Waals surface area contributed by atoms with Crippen molar-refractivity contribution in [3.63, 3.8) is 0 Å². The number of hydrogen-bond donors (Lipinski definition) is 1. The van der Waals surface area contributed by atoms with Gasteiger partial charge < -0.3 is 10.5 Å². The Bertz CT molecular complexity index is 563. The molecule has 0 atom stereocenters. The minimum absolute atomic E-state index is 0.165. The molecule has 5 heteroatoms. The highest BCUT2D eigenvalue weighted by Gasteiger charge is 2.04. The molecule has 16 heavy (non-hydrogen) atoms. The maximum Gasteiger partial charge on any atom is 0.294 e. The van der Waals surface area contributed by atoms with E-state index >= 15 is 0 Å². The topological polar surface area (TPSA) is 70.1 Å². The lowest BCUT2D eigenvalue weighted by Gasteiger charge is -2.06. The summed E-state index contributed by atoms with van der Waals surface area (Å²) < 4.78 is 6.31. The summed E-state index contributed by atoms with van der Waals surface area (Å²) >= 11 is 0. The summed E-state index contributed by atoms with van der Waals surface area (Å²) in [6.45, 7) is 0. The molecule has 0 bridgehead atoms. The van der Waals surface area contributed by atoms with Crippen molar-refractivity contribution in [2.45, 2.75) is 0 Å². The molecule has 1 aromatic heterocycles. The van der Waals surface area contributed by atoms with Crippen molar-refractivity contribution in [3.8, 4) is 11.4 Å². The largest absolute Gasteiger partial charge is 0.497 e. The Kier molecular flexibility index (Phi) is 2.59. The summed E-state index contributed by atoms with van der Waals surface area (Å²) in [7, 11) is 1.56. The first kappa shape index (κ1) is 10.2. The van der Waals surface area contributed by atoms with Gasteiger partial charge in [0.15, 0.2) is 0 Å². The predicted octanol–water partition coefficient (Wildman–Crippen LogP) is 0.823. The van der Waals surface area contributed by atoms with Gasteiger partial charge in [0.25, 0.3) is 5.56 Å². The van der Waals surface area contributed by atoms with Gasteiger partial charge in [-0.25, -0.2) is 0 Å². The molecular formula is C11H11N3O2. The van der Waals surface area contributed by atoms with E-state index < -0.39 is 0 Å². The Morgan fingerprint density at radius 3 is 2.94 bits per heavy atom. The molecular weight excluding hydrogens is 206 g/mol. The quantitative estimate of drug-likeness (QED) is 0.808. The van der Waals surface area contributed by atoms with Crippen LogP contribution in [0.5, 0.6) is 5.75 Å². The van der Waals surface area contributed by atoms with Crippen LogP contribution < -0.4 is 16.0 Å². The van der Waals surface area contributed by atoms with Gasteiger partial charge in [0.2, 0.25) is 0 Å². The van der Waals surface area contributed by atoms with Crippen LogP contribution in [-0.4, -0.2) is 16.9 Å². The number of nitrogens with zero attached hydrogens (tertiary/aromatic N) is 2. The molecule has 5 nitrogen and oxygen atoms in total. The lowest BCUT2D eigenvalue weighted by Crippen LogP contribution is -2.23. The zero-order valence-electron chi connectivity index (χ0n) is 8.75. The van der Waals surface area contributed by atoms with Crippen molar-refractivity contribution in [2.75, 3.05) is 12.8 Å². The monoisotopic (exact) mass is 217 g/mol. The van der Waals surface area contributed by atoms with Crippen molar-refractivity contribution in [2.24, 2.45) is 0 Å². The number of aromatic nitrogens is 2. The van der Waals surface area contributed by atoms with Crippen LogP contribution in [0.4, 0.5) is 5.69 Å². The number of methoxy groups -OCH3 is 1. The van der Waals surface area contributed by atoms with Gasteiger partial charge in [-0.15, -0.1) is 0 Å². The van der Waals surface area contributed by atoms with E-state index in [-0.39, 0.29) is 11.2 Å². The molecule has 0 aliphatic rings. The highest BCUT2D eigenvalue weighted by Crippen LogP contribution is 2.14. The Morgan fingerprint density at radius 2 is 2.19 bits per heavy atom. The summed E-state index contributed by atoms with van der Waals surface area (Å²) in [6, 6.07) is 8.52. The van der Waals surface area contributed by atoms with Gasteiger partial charge in [-0.2, -0.15) is 9.78 Å². The van der Waals surface area contributed by atoms with Crippen LogP contribution in [0, 0.1) is 0 Å². The zero-order valence-corrected chi connectivity index (χ0v) is 8.75. The first-order chi connectivity index (χ1) is 7.72. The Morgan fingerprint density at radius 1 is 1.38 bits per heavy atom. The van der Waals surface area contributed by atoms with Crippen molar-refractivity contribution in [1.29, 1.82) is 0 Å². The van der Waals surface area contributed by atoms with Gasteiger partial charge in [-0.05, 0) is 18.2 Å². The van der Waals surface area contributed by atoms with Crippen LogP contribution >= 0.6 is 0 Å². The van der Waals surface area contributed by atoms with E-state index in [0.717, 1.165) is 0 Å². The van der Waals surface area contributed by atoms with Crippen LogP contribution in [0.1, 0.15) is 0 Å². The van der Waals surface area contributed by atoms with Crippen molar-refractivity contribution in [1.82, 2.24) is 9.78 Å². The molecule has 0 unspecified atom stereocenters. The number of hydrogen-bond acceptors (Lipinski definition) is 4. The number of anilines is 1. The molecule has 1 heterocycles. The summed E-state index contributed by atoms with van der Waals surface area (Å²) in [6.07, 6.45) is 1.48. The highest BCUT2D eigenvalue weighted by molar-refractivity contribution is 5.41. The lowest BCUT2D eigenvalue weighted by molar-refractivity contribution is 0.414. The summed E-state index contributed by atoms with van der Waals surface area (Å²) in [5, 5.41) is 3.95. The van der Waals surface area contributed by atoms with Gasteiger partial charge in [-0.1, -0.05) is 6.07 Å². The van der Waals surface area contributed by atoms with Crippen LogP contribution in [-0.2, 0) is 0 Å². The number of rotatable bonds is 2. The standard InChI is InChI=1S/C11H11N3O2/c1-16-9-4-2-3-8(7-9)14-11(15)10(12)5-6-13-14/h2-7H,12H2,1H3. The zero-order chi connectivity index (χ0) is 11.5. The fraction of sp³-hybridized carbons (Fsp3) is 0.0909. The van der Waals surface area contributed by atoms with Crippen molar-refractivity contribution >= 4 is 5.69 Å². The van der Waals surface area contributed by atoms with Crippen LogP contribution in [0.2, 0.25) is 0 Å². The number of benzene rings is 1. The Balaban J connectivity index is 2.59. The van der Waals surface area contributed by atoms with Gasteiger partial charge in [0.05, 0.1) is 19.0 Å². The Labute approximate surface area is 92.1 Å². The first-order valence-electron chi connectivity index (χ1n) is 4.70. The molecule has 82 valence electrons. The second kappa shape index (κ2) is 4.06. The molecule has 0 fully saturated rings. The fourth-order valence-electron chi connectivity index (χ4n) is 1.35. The smallest absolute Gasteiger partial charge is 0.294 e. The maximum absolute atomic E-state index is 11.7. The molecule has 1 aromatic carbocycles. The molecule has 0 spiro atoms. The van der Waals surface area contributed by atoms with E-state index in [1.807, 2.05) is 0 Å². The fourth-order valence-corrected chi connectivity index (χ4v) is 1.35. The first-order valence-corrected chi connectivity index (χ1v) is 4.70. The number of nitrogen functional groups attached to an aromatic ring is 1. The third-order valence-corrected chi connectivity index (χ3v) is 2.17. The third-order valence-electron chi connectivity index (χ3n) is 2.17. The molecule has 2 rings (SSSR count). The van der Waals surface area contributed by atoms with E-state index in [0.29, 0.717) is 11.4 Å². The number of ether oxygens (including phenoxy) is 1. The van der Waals surface area contributed by atoms with Crippen molar-refractivity contribution < 1.29 is 4.74 Å². The van der Waals surface area contributed by atoms with Crippen LogP contribution in [0.25, 0.3) is 5.69 Å². The predicted molar refractivity (Wildman–Crippen MR) is 60.8 cm³/mol. The van der Waals surface area contributed by atoms with E-state index in [1.165, 1.54) is 16.9 Å². The molecule has 0 radical (unpaired) electrons. The van der Waals surface area contributed by atoms with E-state index in [9.17, 15) is 4.79 Å². The third kappa shape index (κ3) is 1.75. The average molecular weight is 217 g/mol. The van der Waals surface area contributed by atoms with E-state index in [4.69, 9.17) is 10.5 Å². The highest BCUT2D eigenvalue weighted by atomic mass is 16.5. The second-order valence-electron chi connectivity index (χ2n) is 3.20. The minimum Gasteiger partial charge on any atom is -0.497 e. The summed E-state index contributed by atoms with van der Waals surface area (Å²) in [4.78, 5) is 11.7. The normalized spacial score (nSPS) is 10.1. The lowest BCUT2D eigenvalue weighted by atomic mass is 10.3. The van der Waals surface area contributed by atoms with Crippen molar-refractivity contribution in [3.05, 3.63) is 46.9 Å². The SMILES string of the molecule is COc1cccc(-n2nccc(N)c2=O)c1. The maximum atomic E-state index is 11.7. The van der Waals surface area contributed by atoms with Crippen LogP contribution in [0.15, 0.2) is 41.3 Å². The number of nitrogens with two attached hydrogens (primary N) is 1. The second-order valence-corrected chi connectivity index (χ2v) is 3.20. The molecule has 0 saturated heterocycles. The molecule has 2 aromatic rings. The van der Waals surface area contributed by atoms with Crippen LogP contribution in [0.3, 0.4) is 0 Å². The molecule has 0 amide bonds. The Hall–Kier alpha value is -2.30. The van der Waals surface area contributed by atoms with E-state index in [1.54, 1.807) is 31.4 Å². The average Bonchev–Trinajstić information content (AvgIpc) is 2.33.